The van der Waals surface area contributed by atoms with E-state index < -0.39 is 0 Å². The lowest BCUT2D eigenvalue weighted by atomic mass is 9.85. The van der Waals surface area contributed by atoms with Gasteiger partial charge in [-0.3, -0.25) is 0 Å². The molecule has 0 spiro atoms. The van der Waals surface area contributed by atoms with Crippen molar-refractivity contribution in [2.45, 2.75) is 54.5 Å². The molecular weight excluding hydrogens is 361 g/mol. The van der Waals surface area contributed by atoms with Gasteiger partial charge in [0.15, 0.2) is 5.90 Å². The van der Waals surface area contributed by atoms with Crippen molar-refractivity contribution < 1.29 is 4.74 Å². The number of aryl methyl sites for hydroxylation is 3. The van der Waals surface area contributed by atoms with Crippen molar-refractivity contribution in [2.24, 2.45) is 16.3 Å². The minimum Gasteiger partial charge on any atom is -0.478 e. The zero-order valence-electron chi connectivity index (χ0n) is 18.2. The number of nitrogens with zero attached hydrogens (tertiary/aromatic N) is 1. The number of ether oxygens (including phenoxy) is 1. The first-order chi connectivity index (χ1) is 13.2. The van der Waals surface area contributed by atoms with Crippen LogP contribution in [0.5, 0.6) is 0 Å². The Morgan fingerprint density at radius 3 is 2.21 bits per heavy atom. The molecule has 148 valence electrons. The lowest BCUT2D eigenvalue weighted by molar-refractivity contribution is 0.274. The fraction of sp³-hybridized carbons (Fsp3) is 0.440. The summed E-state index contributed by atoms with van der Waals surface area (Å²) in [5.41, 5.74) is 5.00. The summed E-state index contributed by atoms with van der Waals surface area (Å²) < 4.78 is 6.14. The Labute approximate surface area is 171 Å². The second-order valence-corrected chi connectivity index (χ2v) is 9.87. The van der Waals surface area contributed by atoms with Crippen molar-refractivity contribution in [3.05, 3.63) is 64.7 Å². The van der Waals surface area contributed by atoms with E-state index in [1.165, 1.54) is 41.1 Å². The van der Waals surface area contributed by atoms with E-state index >= 15 is 0 Å². The third-order valence-electron chi connectivity index (χ3n) is 5.48. The first-order valence-corrected chi connectivity index (χ1v) is 11.0. The van der Waals surface area contributed by atoms with Gasteiger partial charge in [0.25, 0.3) is 0 Å². The van der Waals surface area contributed by atoms with Gasteiger partial charge in [-0.15, -0.1) is 0 Å². The summed E-state index contributed by atoms with van der Waals surface area (Å²) >= 11 is 0. The van der Waals surface area contributed by atoms with E-state index in [4.69, 9.17) is 9.73 Å². The van der Waals surface area contributed by atoms with Gasteiger partial charge < -0.3 is 4.74 Å². The molecule has 28 heavy (non-hydrogen) atoms. The molecule has 2 aromatic rings. The lowest BCUT2D eigenvalue weighted by Gasteiger charge is -2.28. The molecule has 0 aromatic heterocycles. The molecule has 0 N–H and O–H groups in total. The monoisotopic (exact) mass is 393 g/mol. The minimum absolute atomic E-state index is 0.255. The molecule has 0 amide bonds. The van der Waals surface area contributed by atoms with Gasteiger partial charge in [-0.25, -0.2) is 4.99 Å². The molecule has 0 unspecified atom stereocenters. The third-order valence-corrected chi connectivity index (χ3v) is 7.45. The summed E-state index contributed by atoms with van der Waals surface area (Å²) in [7, 11) is 1.23. The zero-order valence-corrected chi connectivity index (χ0v) is 19.1. The number of rotatable bonds is 5. The third kappa shape index (κ3) is 4.23. The number of hydrogen-bond acceptors (Lipinski definition) is 2. The van der Waals surface area contributed by atoms with Gasteiger partial charge in [0.05, 0.1) is 11.5 Å². The van der Waals surface area contributed by atoms with E-state index in [9.17, 15) is 0 Å². The Bertz CT molecular complexity index is 886. The standard InChI is InChI=1S/C25H32NOP/c1-16(2)21-15-27-24(26-21)25(6,7)23(20-11-9-8-10-12-20)28-22-18(4)13-17(3)14-19(22)5/h8-14,16,21H,15H2,1-7H3/t21-/m1/s1. The zero-order chi connectivity index (χ0) is 20.5. The van der Waals surface area contributed by atoms with Gasteiger partial charge >= 0.3 is 0 Å². The van der Waals surface area contributed by atoms with Crippen LogP contribution in [0.15, 0.2) is 47.5 Å². The van der Waals surface area contributed by atoms with Crippen molar-refractivity contribution in [3.8, 4) is 0 Å². The Hall–Kier alpha value is -1.92. The lowest BCUT2D eigenvalue weighted by Crippen LogP contribution is -2.34. The van der Waals surface area contributed by atoms with Gasteiger partial charge in [-0.2, -0.15) is 0 Å². The first kappa shape index (κ1) is 20.8. The van der Waals surface area contributed by atoms with Crippen LogP contribution in [-0.4, -0.2) is 23.8 Å². The van der Waals surface area contributed by atoms with Crippen molar-refractivity contribution in [3.63, 3.8) is 0 Å². The van der Waals surface area contributed by atoms with Gasteiger partial charge in [0.1, 0.15) is 6.61 Å². The first-order valence-electron chi connectivity index (χ1n) is 10.1. The summed E-state index contributed by atoms with van der Waals surface area (Å²) in [6.45, 7) is 16.2. The number of benzene rings is 2. The molecule has 0 aliphatic carbocycles. The number of aliphatic imine (C=N–C) groups is 1. The second-order valence-electron chi connectivity index (χ2n) is 8.76. The summed E-state index contributed by atoms with van der Waals surface area (Å²) in [5, 5.41) is 2.72. The Kier molecular flexibility index (Phi) is 6.10. The van der Waals surface area contributed by atoms with Crippen LogP contribution in [0.25, 0.3) is 0 Å². The predicted molar refractivity (Wildman–Crippen MR) is 124 cm³/mol. The fourth-order valence-corrected chi connectivity index (χ4v) is 5.15. The molecule has 3 rings (SSSR count). The molecule has 0 saturated carbocycles. The van der Waals surface area contributed by atoms with E-state index in [-0.39, 0.29) is 11.5 Å². The normalized spacial score (nSPS) is 17.6. The Morgan fingerprint density at radius 2 is 1.68 bits per heavy atom. The molecule has 2 aromatic carbocycles. The molecule has 2 nitrogen and oxygen atoms in total. The highest BCUT2D eigenvalue weighted by Crippen LogP contribution is 2.33. The SMILES string of the molecule is Cc1cc(C)c(P=C(c2ccccc2)C(C)(C)C2=N[C@@H](C(C)C)CO2)c(C)c1. The smallest absolute Gasteiger partial charge is 0.194 e. The average molecular weight is 394 g/mol. The Morgan fingerprint density at radius 1 is 1.07 bits per heavy atom. The van der Waals surface area contributed by atoms with Crippen LogP contribution >= 0.6 is 8.20 Å². The molecule has 0 saturated heterocycles. The molecule has 1 aliphatic heterocycles. The topological polar surface area (TPSA) is 21.6 Å². The summed E-state index contributed by atoms with van der Waals surface area (Å²) in [6.07, 6.45) is 0. The van der Waals surface area contributed by atoms with Gasteiger partial charge in [0.2, 0.25) is 0 Å². The van der Waals surface area contributed by atoms with E-state index in [0.717, 1.165) is 5.90 Å². The quantitative estimate of drug-likeness (QED) is 0.581. The largest absolute Gasteiger partial charge is 0.478 e. The molecular formula is C25H32NOP. The fourth-order valence-electron chi connectivity index (χ4n) is 3.80. The van der Waals surface area contributed by atoms with Crippen LogP contribution in [0.1, 0.15) is 49.9 Å². The highest BCUT2D eigenvalue weighted by atomic mass is 31.1. The maximum absolute atomic E-state index is 6.14. The maximum atomic E-state index is 6.14. The van der Waals surface area contributed by atoms with Crippen molar-refractivity contribution in [1.29, 1.82) is 0 Å². The van der Waals surface area contributed by atoms with E-state index in [1.807, 2.05) is 0 Å². The molecule has 1 atom stereocenters. The summed E-state index contributed by atoms with van der Waals surface area (Å²) in [6, 6.07) is 15.5. The van der Waals surface area contributed by atoms with Crippen LogP contribution in [0.4, 0.5) is 0 Å². The summed E-state index contributed by atoms with van der Waals surface area (Å²) in [4.78, 5) is 4.98. The minimum atomic E-state index is -0.268. The van der Waals surface area contributed by atoms with Gasteiger partial charge in [-0.1, -0.05) is 70.1 Å². The predicted octanol–water partition coefficient (Wildman–Crippen LogP) is 5.88. The maximum Gasteiger partial charge on any atom is 0.194 e. The van der Waals surface area contributed by atoms with Crippen LogP contribution in [0.3, 0.4) is 0 Å². The van der Waals surface area contributed by atoms with Crippen LogP contribution < -0.4 is 5.30 Å². The van der Waals surface area contributed by atoms with Crippen molar-refractivity contribution in [1.82, 2.24) is 0 Å². The highest BCUT2D eigenvalue weighted by Gasteiger charge is 2.37. The van der Waals surface area contributed by atoms with Crippen LogP contribution in [0.2, 0.25) is 0 Å². The van der Waals surface area contributed by atoms with Gasteiger partial charge in [0, 0.05) is 10.6 Å². The molecule has 1 heterocycles. The Balaban J connectivity index is 2.15. The van der Waals surface area contributed by atoms with E-state index in [2.05, 4.69) is 90.9 Å². The highest BCUT2D eigenvalue weighted by molar-refractivity contribution is 7.50. The molecule has 1 aliphatic rings. The van der Waals surface area contributed by atoms with Crippen molar-refractivity contribution in [2.75, 3.05) is 6.61 Å². The van der Waals surface area contributed by atoms with E-state index in [1.54, 1.807) is 0 Å². The second kappa shape index (κ2) is 8.21. The van der Waals surface area contributed by atoms with E-state index in [0.29, 0.717) is 12.5 Å². The molecule has 0 bridgehead atoms. The molecule has 0 radical (unpaired) electrons. The molecule has 3 heteroatoms. The van der Waals surface area contributed by atoms with Crippen LogP contribution in [0, 0.1) is 32.1 Å². The van der Waals surface area contributed by atoms with Crippen molar-refractivity contribution >= 4 is 24.7 Å². The number of hydrogen-bond donors (Lipinski definition) is 0. The van der Waals surface area contributed by atoms with Gasteiger partial charge in [-0.05, 0) is 57.2 Å². The van der Waals surface area contributed by atoms with Crippen LogP contribution in [-0.2, 0) is 4.74 Å². The summed E-state index contributed by atoms with van der Waals surface area (Å²) in [5.74, 6) is 1.37. The average Bonchev–Trinajstić information content (AvgIpc) is 3.13. The molecule has 0 fully saturated rings.